The highest BCUT2D eigenvalue weighted by Gasteiger charge is 2.12. The Morgan fingerprint density at radius 1 is 1.47 bits per heavy atom. The largest absolute Gasteiger partial charge is 0.311 e. The molecule has 1 aromatic heterocycles. The third kappa shape index (κ3) is 5.54. The zero-order valence-corrected chi connectivity index (χ0v) is 11.6. The predicted octanol–water partition coefficient (Wildman–Crippen LogP) is 3.28. The van der Waals surface area contributed by atoms with Crippen molar-refractivity contribution >= 4 is 23.1 Å². The molecule has 0 spiro atoms. The van der Waals surface area contributed by atoms with E-state index < -0.39 is 0 Å². The standard InChI is InChI=1S/C11H20N2S2/c1-5-12-6-9-7-14-10(13-9)8-15-11(2,3)4/h7,12H,5-6,8H2,1-4H3. The highest BCUT2D eigenvalue weighted by atomic mass is 32.2. The molecule has 0 aliphatic rings. The van der Waals surface area contributed by atoms with Crippen LogP contribution in [-0.4, -0.2) is 16.3 Å². The van der Waals surface area contributed by atoms with Crippen molar-refractivity contribution in [3.8, 4) is 0 Å². The van der Waals surface area contributed by atoms with E-state index in [9.17, 15) is 0 Å². The molecule has 1 aromatic rings. The van der Waals surface area contributed by atoms with Crippen LogP contribution in [0.3, 0.4) is 0 Å². The normalized spacial score (nSPS) is 12.0. The van der Waals surface area contributed by atoms with E-state index in [1.165, 1.54) is 10.7 Å². The van der Waals surface area contributed by atoms with E-state index in [1.54, 1.807) is 11.3 Å². The molecule has 0 radical (unpaired) electrons. The smallest absolute Gasteiger partial charge is 0.103 e. The van der Waals surface area contributed by atoms with Crippen LogP contribution in [0.15, 0.2) is 5.38 Å². The highest BCUT2D eigenvalue weighted by Crippen LogP contribution is 2.28. The summed E-state index contributed by atoms with van der Waals surface area (Å²) < 4.78 is 0.327. The van der Waals surface area contributed by atoms with Crippen LogP contribution < -0.4 is 5.32 Å². The molecule has 15 heavy (non-hydrogen) atoms. The van der Waals surface area contributed by atoms with Gasteiger partial charge in [-0.15, -0.1) is 23.1 Å². The molecule has 0 saturated carbocycles. The first kappa shape index (κ1) is 13.0. The molecule has 0 saturated heterocycles. The first-order chi connectivity index (χ1) is 7.01. The summed E-state index contributed by atoms with van der Waals surface area (Å²) in [4.78, 5) is 4.59. The van der Waals surface area contributed by atoms with Crippen molar-refractivity contribution in [3.63, 3.8) is 0 Å². The zero-order chi connectivity index (χ0) is 11.3. The van der Waals surface area contributed by atoms with E-state index in [0.717, 1.165) is 18.8 Å². The van der Waals surface area contributed by atoms with Crippen LogP contribution in [0.4, 0.5) is 0 Å². The molecular weight excluding hydrogens is 224 g/mol. The number of thioether (sulfide) groups is 1. The minimum Gasteiger partial charge on any atom is -0.311 e. The van der Waals surface area contributed by atoms with Gasteiger partial charge in [-0.1, -0.05) is 27.7 Å². The van der Waals surface area contributed by atoms with Crippen molar-refractivity contribution in [1.82, 2.24) is 10.3 Å². The number of aromatic nitrogens is 1. The van der Waals surface area contributed by atoms with Crippen LogP contribution in [0.1, 0.15) is 38.4 Å². The van der Waals surface area contributed by atoms with Gasteiger partial charge in [0, 0.05) is 22.4 Å². The van der Waals surface area contributed by atoms with Crippen LogP contribution in [0.25, 0.3) is 0 Å². The predicted molar refractivity (Wildman–Crippen MR) is 70.5 cm³/mol. The Bertz CT molecular complexity index is 289. The second-order valence-electron chi connectivity index (χ2n) is 4.41. The molecule has 1 rings (SSSR count). The number of thiazole rings is 1. The van der Waals surface area contributed by atoms with Gasteiger partial charge in [-0.2, -0.15) is 0 Å². The molecule has 0 aliphatic carbocycles. The van der Waals surface area contributed by atoms with E-state index >= 15 is 0 Å². The molecule has 1 heterocycles. The molecule has 4 heteroatoms. The maximum absolute atomic E-state index is 4.59. The van der Waals surface area contributed by atoms with Crippen LogP contribution in [0, 0.1) is 0 Å². The molecule has 0 unspecified atom stereocenters. The lowest BCUT2D eigenvalue weighted by Crippen LogP contribution is -2.12. The Kier molecular flexibility index (Phi) is 5.09. The van der Waals surface area contributed by atoms with Gasteiger partial charge in [-0.3, -0.25) is 0 Å². The van der Waals surface area contributed by atoms with Gasteiger partial charge < -0.3 is 5.32 Å². The maximum atomic E-state index is 4.59. The number of rotatable bonds is 5. The Hall–Kier alpha value is -0.0600. The highest BCUT2D eigenvalue weighted by molar-refractivity contribution is 7.99. The summed E-state index contributed by atoms with van der Waals surface area (Å²) in [6, 6.07) is 0. The van der Waals surface area contributed by atoms with E-state index in [2.05, 4.69) is 43.4 Å². The summed E-state index contributed by atoms with van der Waals surface area (Å²) in [6.45, 7) is 10.7. The summed E-state index contributed by atoms with van der Waals surface area (Å²) in [5, 5.41) is 6.68. The average molecular weight is 244 g/mol. The van der Waals surface area contributed by atoms with Gasteiger partial charge >= 0.3 is 0 Å². The minimum atomic E-state index is 0.327. The van der Waals surface area contributed by atoms with Crippen molar-refractivity contribution in [1.29, 1.82) is 0 Å². The van der Waals surface area contributed by atoms with Gasteiger partial charge in [0.1, 0.15) is 5.01 Å². The van der Waals surface area contributed by atoms with Crippen molar-refractivity contribution < 1.29 is 0 Å². The van der Waals surface area contributed by atoms with Crippen LogP contribution in [0.2, 0.25) is 0 Å². The second-order valence-corrected chi connectivity index (χ2v) is 7.16. The third-order valence-electron chi connectivity index (χ3n) is 1.78. The van der Waals surface area contributed by atoms with Gasteiger partial charge in [-0.05, 0) is 6.54 Å². The molecule has 2 nitrogen and oxygen atoms in total. The molecule has 86 valence electrons. The Balaban J connectivity index is 2.39. The van der Waals surface area contributed by atoms with Crippen molar-refractivity contribution in [3.05, 3.63) is 16.1 Å². The van der Waals surface area contributed by atoms with Crippen molar-refractivity contribution in [2.24, 2.45) is 0 Å². The molecule has 0 aliphatic heterocycles. The topological polar surface area (TPSA) is 24.9 Å². The third-order valence-corrected chi connectivity index (χ3v) is 4.15. The van der Waals surface area contributed by atoms with Gasteiger partial charge in [0.25, 0.3) is 0 Å². The van der Waals surface area contributed by atoms with Crippen LogP contribution >= 0.6 is 23.1 Å². The second kappa shape index (κ2) is 5.87. The van der Waals surface area contributed by atoms with Crippen molar-refractivity contribution in [2.45, 2.75) is 44.7 Å². The number of nitrogens with one attached hydrogen (secondary N) is 1. The maximum Gasteiger partial charge on any atom is 0.103 e. The van der Waals surface area contributed by atoms with E-state index in [0.29, 0.717) is 4.75 Å². The van der Waals surface area contributed by atoms with Gasteiger partial charge in [0.2, 0.25) is 0 Å². The van der Waals surface area contributed by atoms with E-state index in [-0.39, 0.29) is 0 Å². The quantitative estimate of drug-likeness (QED) is 0.860. The van der Waals surface area contributed by atoms with Gasteiger partial charge in [0.05, 0.1) is 5.69 Å². The fraction of sp³-hybridized carbons (Fsp3) is 0.727. The lowest BCUT2D eigenvalue weighted by Gasteiger charge is -2.16. The number of nitrogens with zero attached hydrogens (tertiary/aromatic N) is 1. The molecule has 0 aromatic carbocycles. The average Bonchev–Trinajstić information content (AvgIpc) is 2.58. The number of hydrogen-bond donors (Lipinski definition) is 1. The summed E-state index contributed by atoms with van der Waals surface area (Å²) >= 11 is 3.72. The Morgan fingerprint density at radius 3 is 2.80 bits per heavy atom. The SMILES string of the molecule is CCNCc1csc(CSC(C)(C)C)n1. The lowest BCUT2D eigenvalue weighted by molar-refractivity contribution is 0.713. The molecule has 0 atom stereocenters. The van der Waals surface area contributed by atoms with Gasteiger partial charge in [0.15, 0.2) is 0 Å². The van der Waals surface area contributed by atoms with Crippen LogP contribution in [-0.2, 0) is 12.3 Å². The molecular formula is C11H20N2S2. The molecule has 1 N–H and O–H groups in total. The van der Waals surface area contributed by atoms with Gasteiger partial charge in [-0.25, -0.2) is 4.98 Å². The lowest BCUT2D eigenvalue weighted by atomic mass is 10.3. The summed E-state index contributed by atoms with van der Waals surface area (Å²) in [6.07, 6.45) is 0. The molecule has 0 bridgehead atoms. The zero-order valence-electron chi connectivity index (χ0n) is 9.96. The van der Waals surface area contributed by atoms with Crippen molar-refractivity contribution in [2.75, 3.05) is 6.54 Å². The first-order valence-electron chi connectivity index (χ1n) is 5.29. The molecule has 0 fully saturated rings. The number of hydrogen-bond acceptors (Lipinski definition) is 4. The summed E-state index contributed by atoms with van der Waals surface area (Å²) in [5.74, 6) is 1.03. The fourth-order valence-corrected chi connectivity index (χ4v) is 2.68. The first-order valence-corrected chi connectivity index (χ1v) is 7.16. The fourth-order valence-electron chi connectivity index (χ4n) is 1.03. The van der Waals surface area contributed by atoms with Crippen LogP contribution in [0.5, 0.6) is 0 Å². The molecule has 0 amide bonds. The van der Waals surface area contributed by atoms with E-state index in [4.69, 9.17) is 0 Å². The monoisotopic (exact) mass is 244 g/mol. The summed E-state index contributed by atoms with van der Waals surface area (Å²) in [7, 11) is 0. The minimum absolute atomic E-state index is 0.327. The summed E-state index contributed by atoms with van der Waals surface area (Å²) in [5.41, 5.74) is 1.17. The Morgan fingerprint density at radius 2 is 2.20 bits per heavy atom. The Labute approximate surface area is 101 Å². The van der Waals surface area contributed by atoms with E-state index in [1.807, 2.05) is 11.8 Å².